The SMILES string of the molecule is COC(=O)c1cncc(N2CCC3(CC2)CC(CN2CCOCC2)OC3=O)n1. The summed E-state index contributed by atoms with van der Waals surface area (Å²) in [6, 6.07) is 0. The van der Waals surface area contributed by atoms with Crippen molar-refractivity contribution in [1.82, 2.24) is 14.9 Å². The van der Waals surface area contributed by atoms with Gasteiger partial charge in [-0.25, -0.2) is 9.78 Å². The molecule has 4 rings (SSSR count). The fourth-order valence-electron chi connectivity index (χ4n) is 4.29. The zero-order chi connectivity index (χ0) is 19.6. The quantitative estimate of drug-likeness (QED) is 0.681. The van der Waals surface area contributed by atoms with Crippen molar-refractivity contribution < 1.29 is 23.8 Å². The van der Waals surface area contributed by atoms with Crippen molar-refractivity contribution in [3.63, 3.8) is 0 Å². The van der Waals surface area contributed by atoms with Crippen LogP contribution in [0.25, 0.3) is 0 Å². The number of piperidine rings is 1. The second kappa shape index (κ2) is 8.00. The van der Waals surface area contributed by atoms with Gasteiger partial charge in [0.25, 0.3) is 0 Å². The highest BCUT2D eigenvalue weighted by Crippen LogP contribution is 2.43. The van der Waals surface area contributed by atoms with E-state index in [9.17, 15) is 9.59 Å². The van der Waals surface area contributed by atoms with Gasteiger partial charge in [-0.05, 0) is 12.8 Å². The Morgan fingerprint density at radius 1 is 1.25 bits per heavy atom. The summed E-state index contributed by atoms with van der Waals surface area (Å²) in [6.07, 6.45) is 5.19. The predicted molar refractivity (Wildman–Crippen MR) is 99.0 cm³/mol. The molecule has 1 atom stereocenters. The summed E-state index contributed by atoms with van der Waals surface area (Å²) < 4.78 is 15.8. The van der Waals surface area contributed by atoms with E-state index >= 15 is 0 Å². The molecule has 0 bridgehead atoms. The first-order chi connectivity index (χ1) is 13.6. The number of nitrogens with zero attached hydrogens (tertiary/aromatic N) is 4. The molecule has 0 aromatic carbocycles. The van der Waals surface area contributed by atoms with Gasteiger partial charge < -0.3 is 19.1 Å². The summed E-state index contributed by atoms with van der Waals surface area (Å²) in [7, 11) is 1.32. The van der Waals surface area contributed by atoms with Gasteiger partial charge in [-0.15, -0.1) is 0 Å². The third-order valence-corrected chi connectivity index (χ3v) is 5.95. The van der Waals surface area contributed by atoms with E-state index in [1.54, 1.807) is 6.20 Å². The molecular weight excluding hydrogens is 364 g/mol. The third-order valence-electron chi connectivity index (χ3n) is 5.95. The van der Waals surface area contributed by atoms with E-state index in [2.05, 4.69) is 19.8 Å². The van der Waals surface area contributed by atoms with Crippen LogP contribution in [0.1, 0.15) is 29.8 Å². The Bertz CT molecular complexity index is 729. The molecule has 28 heavy (non-hydrogen) atoms. The third kappa shape index (κ3) is 3.81. The monoisotopic (exact) mass is 390 g/mol. The molecule has 0 radical (unpaired) electrons. The lowest BCUT2D eigenvalue weighted by Crippen LogP contribution is -2.43. The summed E-state index contributed by atoms with van der Waals surface area (Å²) in [5.74, 6) is 0.0574. The number of anilines is 1. The molecule has 9 heteroatoms. The van der Waals surface area contributed by atoms with Crippen LogP contribution in [0.4, 0.5) is 5.82 Å². The number of carbonyl (C=O) groups excluding carboxylic acids is 2. The molecule has 152 valence electrons. The molecular formula is C19H26N4O5. The minimum absolute atomic E-state index is 0.0420. The molecule has 1 aromatic heterocycles. The fraction of sp³-hybridized carbons (Fsp3) is 0.684. The van der Waals surface area contributed by atoms with Crippen LogP contribution >= 0.6 is 0 Å². The molecule has 1 spiro atoms. The van der Waals surface area contributed by atoms with Crippen LogP contribution in [0.3, 0.4) is 0 Å². The second-order valence-electron chi connectivity index (χ2n) is 7.67. The van der Waals surface area contributed by atoms with Crippen LogP contribution in [-0.4, -0.2) is 86.0 Å². The van der Waals surface area contributed by atoms with E-state index in [1.807, 2.05) is 0 Å². The first kappa shape index (κ1) is 19.1. The van der Waals surface area contributed by atoms with Crippen molar-refractivity contribution in [2.24, 2.45) is 5.41 Å². The van der Waals surface area contributed by atoms with Crippen molar-refractivity contribution >= 4 is 17.8 Å². The number of rotatable bonds is 4. The van der Waals surface area contributed by atoms with Gasteiger partial charge in [0, 0.05) is 39.1 Å². The van der Waals surface area contributed by atoms with Crippen molar-refractivity contribution in [2.45, 2.75) is 25.4 Å². The Labute approximate surface area is 164 Å². The normalized spacial score (nSPS) is 25.0. The van der Waals surface area contributed by atoms with Gasteiger partial charge in [0.05, 0.1) is 38.1 Å². The zero-order valence-electron chi connectivity index (χ0n) is 16.1. The largest absolute Gasteiger partial charge is 0.464 e. The summed E-state index contributed by atoms with van der Waals surface area (Å²) in [4.78, 5) is 37.2. The molecule has 0 amide bonds. The van der Waals surface area contributed by atoms with Gasteiger partial charge >= 0.3 is 11.9 Å². The average Bonchev–Trinajstić information content (AvgIpc) is 3.03. The molecule has 1 aromatic rings. The predicted octanol–water partition coefficient (Wildman–Crippen LogP) is 0.498. The number of hydrogen-bond acceptors (Lipinski definition) is 9. The van der Waals surface area contributed by atoms with Crippen LogP contribution in [0.2, 0.25) is 0 Å². The lowest BCUT2D eigenvalue weighted by molar-refractivity contribution is -0.150. The molecule has 3 aliphatic rings. The number of cyclic esters (lactones) is 1. The maximum absolute atomic E-state index is 12.7. The van der Waals surface area contributed by atoms with Crippen LogP contribution in [0, 0.1) is 5.41 Å². The van der Waals surface area contributed by atoms with Crippen molar-refractivity contribution in [1.29, 1.82) is 0 Å². The molecule has 3 aliphatic heterocycles. The van der Waals surface area contributed by atoms with Crippen LogP contribution in [0.5, 0.6) is 0 Å². The molecule has 9 nitrogen and oxygen atoms in total. The first-order valence-corrected chi connectivity index (χ1v) is 9.76. The standard InChI is InChI=1S/C19H26N4O5/c1-26-17(24)15-11-20-12-16(21-15)23-4-2-19(3-5-23)10-14(28-18(19)25)13-22-6-8-27-9-7-22/h11-12,14H,2-10,13H2,1H3. The van der Waals surface area contributed by atoms with Gasteiger partial charge in [-0.1, -0.05) is 0 Å². The van der Waals surface area contributed by atoms with E-state index in [0.717, 1.165) is 52.1 Å². The highest BCUT2D eigenvalue weighted by molar-refractivity contribution is 5.87. The molecule has 4 heterocycles. The van der Waals surface area contributed by atoms with Gasteiger partial charge in [0.1, 0.15) is 11.9 Å². The van der Waals surface area contributed by atoms with E-state index in [0.29, 0.717) is 18.9 Å². The molecule has 3 saturated heterocycles. The number of aromatic nitrogens is 2. The maximum atomic E-state index is 12.7. The summed E-state index contributed by atoms with van der Waals surface area (Å²) >= 11 is 0. The van der Waals surface area contributed by atoms with Crippen LogP contribution in [0.15, 0.2) is 12.4 Å². The summed E-state index contributed by atoms with van der Waals surface area (Å²) in [6.45, 7) is 5.41. The number of methoxy groups -OCH3 is 1. The smallest absolute Gasteiger partial charge is 0.358 e. The Balaban J connectivity index is 1.36. The molecule has 1 unspecified atom stereocenters. The highest BCUT2D eigenvalue weighted by Gasteiger charge is 2.50. The van der Waals surface area contributed by atoms with E-state index in [4.69, 9.17) is 14.2 Å². The molecule has 3 fully saturated rings. The number of ether oxygens (including phenoxy) is 3. The minimum atomic E-state index is -0.506. The van der Waals surface area contributed by atoms with E-state index < -0.39 is 11.4 Å². The summed E-state index contributed by atoms with van der Waals surface area (Å²) in [5, 5.41) is 0. The van der Waals surface area contributed by atoms with Crippen molar-refractivity contribution in [3.8, 4) is 0 Å². The molecule has 0 N–H and O–H groups in total. The maximum Gasteiger partial charge on any atom is 0.358 e. The number of esters is 2. The summed E-state index contributed by atoms with van der Waals surface area (Å²) in [5.41, 5.74) is -0.216. The topological polar surface area (TPSA) is 94.1 Å². The lowest BCUT2D eigenvalue weighted by atomic mass is 9.76. The Morgan fingerprint density at radius 2 is 2.00 bits per heavy atom. The van der Waals surface area contributed by atoms with Gasteiger partial charge in [0.15, 0.2) is 5.69 Å². The van der Waals surface area contributed by atoms with Gasteiger partial charge in [0.2, 0.25) is 0 Å². The van der Waals surface area contributed by atoms with Gasteiger partial charge in [-0.3, -0.25) is 14.7 Å². The Hall–Kier alpha value is -2.26. The molecule has 0 saturated carbocycles. The minimum Gasteiger partial charge on any atom is -0.464 e. The number of hydrogen-bond donors (Lipinski definition) is 0. The Kier molecular flexibility index (Phi) is 5.45. The van der Waals surface area contributed by atoms with Gasteiger partial charge in [-0.2, -0.15) is 0 Å². The Morgan fingerprint density at radius 3 is 2.71 bits per heavy atom. The zero-order valence-corrected chi connectivity index (χ0v) is 16.1. The van der Waals surface area contributed by atoms with E-state index in [1.165, 1.54) is 13.3 Å². The second-order valence-corrected chi connectivity index (χ2v) is 7.67. The average molecular weight is 390 g/mol. The van der Waals surface area contributed by atoms with E-state index in [-0.39, 0.29) is 17.8 Å². The molecule has 0 aliphatic carbocycles. The van der Waals surface area contributed by atoms with Crippen LogP contribution in [-0.2, 0) is 19.0 Å². The lowest BCUT2D eigenvalue weighted by Gasteiger charge is -2.37. The van der Waals surface area contributed by atoms with Crippen molar-refractivity contribution in [2.75, 3.05) is 57.9 Å². The fourth-order valence-corrected chi connectivity index (χ4v) is 4.29. The highest BCUT2D eigenvalue weighted by atomic mass is 16.6. The number of morpholine rings is 1. The van der Waals surface area contributed by atoms with Crippen LogP contribution < -0.4 is 4.90 Å². The number of carbonyl (C=O) groups is 2. The first-order valence-electron chi connectivity index (χ1n) is 9.76. The van der Waals surface area contributed by atoms with Crippen molar-refractivity contribution in [3.05, 3.63) is 18.1 Å².